The van der Waals surface area contributed by atoms with Gasteiger partial charge in [-0.1, -0.05) is 42.4 Å². The first-order valence-corrected chi connectivity index (χ1v) is 4.54. The average molecular weight is 191 g/mol. The molecule has 1 aromatic carbocycles. The van der Waals surface area contributed by atoms with Gasteiger partial charge >= 0.3 is 5.97 Å². The maximum atomic E-state index is 10.6. The van der Waals surface area contributed by atoms with Gasteiger partial charge < -0.3 is 4.84 Å². The molecule has 0 unspecified atom stereocenters. The Kier molecular flexibility index (Phi) is 3.85. The lowest BCUT2D eigenvalue weighted by Gasteiger charge is -2.01. The summed E-state index contributed by atoms with van der Waals surface area (Å²) in [6.45, 7) is 3.30. The normalized spacial score (nSPS) is 11.1. The van der Waals surface area contributed by atoms with E-state index in [4.69, 9.17) is 0 Å². The van der Waals surface area contributed by atoms with Crippen LogP contribution in [0.5, 0.6) is 0 Å². The molecule has 0 heterocycles. The van der Waals surface area contributed by atoms with Crippen molar-refractivity contribution < 1.29 is 9.63 Å². The summed E-state index contributed by atoms with van der Waals surface area (Å²) in [6, 6.07) is 9.66. The van der Waals surface area contributed by atoms with E-state index in [2.05, 4.69) is 9.99 Å². The van der Waals surface area contributed by atoms with Gasteiger partial charge in [-0.05, 0) is 12.0 Å². The van der Waals surface area contributed by atoms with Crippen LogP contribution < -0.4 is 0 Å². The first-order chi connectivity index (χ1) is 6.74. The van der Waals surface area contributed by atoms with Gasteiger partial charge in [0.2, 0.25) is 0 Å². The van der Waals surface area contributed by atoms with Crippen molar-refractivity contribution in [3.63, 3.8) is 0 Å². The molecule has 0 saturated heterocycles. The SMILES string of the molecule is CC/C(=N\OC(C)=O)c1ccccc1. The molecule has 0 aromatic heterocycles. The van der Waals surface area contributed by atoms with Gasteiger partial charge in [-0.25, -0.2) is 4.79 Å². The smallest absolute Gasteiger partial charge is 0.318 e. The monoisotopic (exact) mass is 191 g/mol. The van der Waals surface area contributed by atoms with Crippen LogP contribution in [-0.4, -0.2) is 11.7 Å². The van der Waals surface area contributed by atoms with E-state index in [0.717, 1.165) is 17.7 Å². The summed E-state index contributed by atoms with van der Waals surface area (Å²) in [4.78, 5) is 15.2. The molecule has 74 valence electrons. The van der Waals surface area contributed by atoms with Crippen LogP contribution in [0.4, 0.5) is 0 Å². The lowest BCUT2D eigenvalue weighted by atomic mass is 10.1. The van der Waals surface area contributed by atoms with Gasteiger partial charge in [0.25, 0.3) is 0 Å². The van der Waals surface area contributed by atoms with Gasteiger partial charge in [-0.3, -0.25) is 0 Å². The standard InChI is InChI=1S/C11H13NO2/c1-3-11(12-14-9(2)13)10-7-5-4-6-8-10/h4-8H,3H2,1-2H3/b12-11+. The van der Waals surface area contributed by atoms with Crippen LogP contribution in [0.3, 0.4) is 0 Å². The number of hydrogen-bond donors (Lipinski definition) is 0. The zero-order valence-corrected chi connectivity index (χ0v) is 8.36. The molecule has 0 amide bonds. The number of benzene rings is 1. The van der Waals surface area contributed by atoms with Gasteiger partial charge in [0.15, 0.2) is 0 Å². The zero-order valence-electron chi connectivity index (χ0n) is 8.36. The first kappa shape index (κ1) is 10.4. The van der Waals surface area contributed by atoms with Gasteiger partial charge in [0.05, 0.1) is 5.71 Å². The summed E-state index contributed by atoms with van der Waals surface area (Å²) in [5.41, 5.74) is 1.76. The summed E-state index contributed by atoms with van der Waals surface area (Å²) < 4.78 is 0. The van der Waals surface area contributed by atoms with Crippen molar-refractivity contribution in [2.24, 2.45) is 5.16 Å². The van der Waals surface area contributed by atoms with Crippen molar-refractivity contribution in [2.45, 2.75) is 20.3 Å². The maximum absolute atomic E-state index is 10.6. The minimum Gasteiger partial charge on any atom is -0.318 e. The second-order valence-electron chi connectivity index (χ2n) is 2.84. The van der Waals surface area contributed by atoms with Crippen LogP contribution in [-0.2, 0) is 9.63 Å². The second-order valence-corrected chi connectivity index (χ2v) is 2.84. The summed E-state index contributed by atoms with van der Waals surface area (Å²) in [5.74, 6) is -0.396. The Morgan fingerprint density at radius 1 is 1.36 bits per heavy atom. The molecule has 0 spiro atoms. The number of hydrogen-bond acceptors (Lipinski definition) is 3. The minimum absolute atomic E-state index is 0.396. The Bertz CT molecular complexity index is 330. The molecule has 3 nitrogen and oxygen atoms in total. The Hall–Kier alpha value is -1.64. The predicted molar refractivity (Wildman–Crippen MR) is 55.0 cm³/mol. The zero-order chi connectivity index (χ0) is 10.4. The molecule has 0 radical (unpaired) electrons. The van der Waals surface area contributed by atoms with E-state index in [1.165, 1.54) is 6.92 Å². The molecule has 0 aliphatic rings. The lowest BCUT2D eigenvalue weighted by Crippen LogP contribution is -2.02. The van der Waals surface area contributed by atoms with Gasteiger partial charge in [-0.15, -0.1) is 0 Å². The molecular weight excluding hydrogens is 178 g/mol. The fraction of sp³-hybridized carbons (Fsp3) is 0.273. The Morgan fingerprint density at radius 3 is 2.50 bits per heavy atom. The lowest BCUT2D eigenvalue weighted by molar-refractivity contribution is -0.140. The van der Waals surface area contributed by atoms with E-state index in [-0.39, 0.29) is 0 Å². The van der Waals surface area contributed by atoms with Gasteiger partial charge in [0, 0.05) is 6.92 Å². The summed E-state index contributed by atoms with van der Waals surface area (Å²) >= 11 is 0. The summed E-state index contributed by atoms with van der Waals surface area (Å²) in [7, 11) is 0. The molecule has 0 aliphatic carbocycles. The molecule has 14 heavy (non-hydrogen) atoms. The van der Waals surface area contributed by atoms with E-state index in [1.807, 2.05) is 37.3 Å². The third kappa shape index (κ3) is 3.01. The highest BCUT2D eigenvalue weighted by Crippen LogP contribution is 2.04. The third-order valence-electron chi connectivity index (χ3n) is 1.73. The van der Waals surface area contributed by atoms with Crippen LogP contribution in [0, 0.1) is 0 Å². The molecule has 0 bridgehead atoms. The molecular formula is C11H13NO2. The van der Waals surface area contributed by atoms with Crippen LogP contribution in [0.2, 0.25) is 0 Å². The Balaban J connectivity index is 2.82. The van der Waals surface area contributed by atoms with Crippen molar-refractivity contribution in [1.82, 2.24) is 0 Å². The highest BCUT2D eigenvalue weighted by Gasteiger charge is 2.01. The first-order valence-electron chi connectivity index (χ1n) is 4.54. The van der Waals surface area contributed by atoms with Crippen LogP contribution in [0.15, 0.2) is 35.5 Å². The van der Waals surface area contributed by atoms with Crippen molar-refractivity contribution in [3.8, 4) is 0 Å². The van der Waals surface area contributed by atoms with E-state index in [9.17, 15) is 4.79 Å². The van der Waals surface area contributed by atoms with Crippen molar-refractivity contribution in [2.75, 3.05) is 0 Å². The third-order valence-corrected chi connectivity index (χ3v) is 1.73. The molecule has 0 fully saturated rings. The van der Waals surface area contributed by atoms with Crippen LogP contribution in [0.1, 0.15) is 25.8 Å². The molecule has 0 atom stereocenters. The summed E-state index contributed by atoms with van der Waals surface area (Å²) in [6.07, 6.45) is 0.733. The maximum Gasteiger partial charge on any atom is 0.331 e. The minimum atomic E-state index is -0.396. The highest BCUT2D eigenvalue weighted by atomic mass is 16.7. The molecule has 1 rings (SSSR count). The highest BCUT2D eigenvalue weighted by molar-refractivity contribution is 6.00. The van der Waals surface area contributed by atoms with Crippen LogP contribution >= 0.6 is 0 Å². The molecule has 1 aromatic rings. The van der Waals surface area contributed by atoms with E-state index in [0.29, 0.717) is 0 Å². The summed E-state index contributed by atoms with van der Waals surface area (Å²) in [5, 5.41) is 3.78. The molecule has 0 N–H and O–H groups in total. The van der Waals surface area contributed by atoms with Crippen molar-refractivity contribution in [3.05, 3.63) is 35.9 Å². The number of rotatable bonds is 3. The molecule has 0 saturated carbocycles. The molecule has 0 aliphatic heterocycles. The molecule has 3 heteroatoms. The number of carbonyl (C=O) groups is 1. The average Bonchev–Trinajstić information content (AvgIpc) is 2.20. The van der Waals surface area contributed by atoms with Gasteiger partial charge in [-0.2, -0.15) is 0 Å². The Morgan fingerprint density at radius 2 is 2.00 bits per heavy atom. The number of nitrogens with zero attached hydrogens (tertiary/aromatic N) is 1. The second kappa shape index (κ2) is 5.17. The fourth-order valence-corrected chi connectivity index (χ4v) is 1.07. The van der Waals surface area contributed by atoms with Crippen molar-refractivity contribution >= 4 is 11.7 Å². The van der Waals surface area contributed by atoms with Crippen LogP contribution in [0.25, 0.3) is 0 Å². The number of carbonyl (C=O) groups excluding carboxylic acids is 1. The van der Waals surface area contributed by atoms with Crippen molar-refractivity contribution in [1.29, 1.82) is 0 Å². The predicted octanol–water partition coefficient (Wildman–Crippen LogP) is 2.36. The number of oxime groups is 1. The Labute approximate surface area is 83.4 Å². The van der Waals surface area contributed by atoms with E-state index >= 15 is 0 Å². The van der Waals surface area contributed by atoms with E-state index < -0.39 is 5.97 Å². The largest absolute Gasteiger partial charge is 0.331 e. The quantitative estimate of drug-likeness (QED) is 0.418. The topological polar surface area (TPSA) is 38.7 Å². The fourth-order valence-electron chi connectivity index (χ4n) is 1.07. The van der Waals surface area contributed by atoms with Gasteiger partial charge in [0.1, 0.15) is 0 Å². The van der Waals surface area contributed by atoms with E-state index in [1.54, 1.807) is 0 Å².